The van der Waals surface area contributed by atoms with Gasteiger partial charge < -0.3 is 20.1 Å². The highest BCUT2D eigenvalue weighted by Crippen LogP contribution is 2.25. The lowest BCUT2D eigenvalue weighted by atomic mass is 10.1. The lowest BCUT2D eigenvalue weighted by molar-refractivity contribution is -0.120. The van der Waals surface area contributed by atoms with Crippen molar-refractivity contribution in [1.29, 1.82) is 0 Å². The van der Waals surface area contributed by atoms with Gasteiger partial charge in [-0.15, -0.1) is 0 Å². The van der Waals surface area contributed by atoms with Gasteiger partial charge in [-0.25, -0.2) is 0 Å². The van der Waals surface area contributed by atoms with Crippen LogP contribution in [0.4, 0.5) is 5.69 Å². The maximum Gasteiger partial charge on any atom is 0.221 e. The summed E-state index contributed by atoms with van der Waals surface area (Å²) < 4.78 is 5.20. The standard InChI is InChI=1S/C14H18N2O4.CH4O/c1-11-3-4-12(20-8-7-17)9-13(11)16(10-18)6-5-14(19)15-2;1-2/h3-4,7,9-10H,5-6,8H2,1-2H3,(H,15,19);2H,1H3. The number of aliphatic hydroxyl groups is 1. The van der Waals surface area contributed by atoms with E-state index in [1.807, 2.05) is 6.92 Å². The van der Waals surface area contributed by atoms with Crippen LogP contribution >= 0.6 is 0 Å². The van der Waals surface area contributed by atoms with Crippen LogP contribution in [0.1, 0.15) is 12.0 Å². The number of carbonyl (C=O) groups is 3. The van der Waals surface area contributed by atoms with Crippen LogP contribution in [0.15, 0.2) is 18.2 Å². The fourth-order valence-corrected chi connectivity index (χ4v) is 1.70. The highest BCUT2D eigenvalue weighted by Gasteiger charge is 2.11. The third-order valence-corrected chi connectivity index (χ3v) is 2.79. The Hall–Kier alpha value is -2.41. The number of aliphatic hydroxyl groups excluding tert-OH is 1. The zero-order chi connectivity index (χ0) is 17.0. The van der Waals surface area contributed by atoms with Crippen LogP contribution in [-0.2, 0) is 14.4 Å². The van der Waals surface area contributed by atoms with Gasteiger partial charge in [0.05, 0.1) is 0 Å². The number of hydrogen-bond donors (Lipinski definition) is 2. The van der Waals surface area contributed by atoms with Crippen molar-refractivity contribution in [3.8, 4) is 5.75 Å². The summed E-state index contributed by atoms with van der Waals surface area (Å²) in [5.74, 6) is 0.368. The van der Waals surface area contributed by atoms with Crippen LogP contribution < -0.4 is 15.0 Å². The fraction of sp³-hybridized carbons (Fsp3) is 0.400. The van der Waals surface area contributed by atoms with Gasteiger partial charge in [-0.1, -0.05) is 6.07 Å². The topological polar surface area (TPSA) is 95.9 Å². The van der Waals surface area contributed by atoms with Crippen LogP contribution in [0.5, 0.6) is 5.75 Å². The maximum atomic E-state index is 11.2. The number of ether oxygens (including phenoxy) is 1. The molecule has 0 heterocycles. The van der Waals surface area contributed by atoms with Crippen molar-refractivity contribution in [2.24, 2.45) is 0 Å². The quantitative estimate of drug-likeness (QED) is 0.672. The van der Waals surface area contributed by atoms with Gasteiger partial charge in [0.15, 0.2) is 6.29 Å². The van der Waals surface area contributed by atoms with Gasteiger partial charge >= 0.3 is 0 Å². The molecule has 1 aromatic rings. The first-order chi connectivity index (χ1) is 10.6. The highest BCUT2D eigenvalue weighted by molar-refractivity contribution is 5.81. The van der Waals surface area contributed by atoms with Crippen LogP contribution in [-0.4, -0.2) is 51.0 Å². The van der Waals surface area contributed by atoms with E-state index >= 15 is 0 Å². The van der Waals surface area contributed by atoms with Crippen molar-refractivity contribution in [1.82, 2.24) is 5.32 Å². The predicted octanol–water partition coefficient (Wildman–Crippen LogP) is 0.280. The Morgan fingerprint density at radius 2 is 2.05 bits per heavy atom. The SMILES string of the molecule is CNC(=O)CCN(C=O)c1cc(OCC=O)ccc1C.CO. The van der Waals surface area contributed by atoms with Gasteiger partial charge in [-0.05, 0) is 18.6 Å². The summed E-state index contributed by atoms with van der Waals surface area (Å²) in [6, 6.07) is 5.20. The fourth-order valence-electron chi connectivity index (χ4n) is 1.70. The largest absolute Gasteiger partial charge is 0.486 e. The molecular formula is C15H22N2O5. The molecular weight excluding hydrogens is 288 g/mol. The molecule has 1 rings (SSSR count). The average molecular weight is 310 g/mol. The van der Waals surface area contributed by atoms with E-state index in [9.17, 15) is 14.4 Å². The van der Waals surface area contributed by atoms with Crippen molar-refractivity contribution in [3.05, 3.63) is 23.8 Å². The molecule has 7 nitrogen and oxygen atoms in total. The number of carbonyl (C=O) groups excluding carboxylic acids is 3. The third-order valence-electron chi connectivity index (χ3n) is 2.79. The number of hydrogen-bond acceptors (Lipinski definition) is 5. The Kier molecular flexibility index (Phi) is 10.0. The minimum Gasteiger partial charge on any atom is -0.486 e. The van der Waals surface area contributed by atoms with E-state index in [0.29, 0.717) is 24.1 Å². The second-order valence-electron chi connectivity index (χ2n) is 4.15. The van der Waals surface area contributed by atoms with Crippen LogP contribution in [0, 0.1) is 6.92 Å². The van der Waals surface area contributed by atoms with Gasteiger partial charge in [0.2, 0.25) is 12.3 Å². The molecule has 0 radical (unpaired) electrons. The molecule has 122 valence electrons. The number of aryl methyl sites for hydroxylation is 1. The van der Waals surface area contributed by atoms with Crippen molar-refractivity contribution in [3.63, 3.8) is 0 Å². The summed E-state index contributed by atoms with van der Waals surface area (Å²) in [7, 11) is 2.55. The molecule has 0 aliphatic carbocycles. The molecule has 0 saturated heterocycles. The molecule has 0 fully saturated rings. The molecule has 0 unspecified atom stereocenters. The molecule has 0 aromatic heterocycles. The van der Waals surface area contributed by atoms with Crippen molar-refractivity contribution < 1.29 is 24.2 Å². The van der Waals surface area contributed by atoms with E-state index in [-0.39, 0.29) is 25.5 Å². The third kappa shape index (κ3) is 6.36. The molecule has 0 aliphatic rings. The smallest absolute Gasteiger partial charge is 0.221 e. The second-order valence-corrected chi connectivity index (χ2v) is 4.15. The van der Waals surface area contributed by atoms with Gasteiger partial charge in [-0.2, -0.15) is 0 Å². The predicted molar refractivity (Wildman–Crippen MR) is 83.0 cm³/mol. The van der Waals surface area contributed by atoms with E-state index in [1.165, 1.54) is 4.90 Å². The summed E-state index contributed by atoms with van der Waals surface area (Å²) in [5.41, 5.74) is 1.54. The lowest BCUT2D eigenvalue weighted by Crippen LogP contribution is -2.28. The molecule has 2 amide bonds. The van der Waals surface area contributed by atoms with Crippen LogP contribution in [0.25, 0.3) is 0 Å². The molecule has 0 bridgehead atoms. The number of aldehydes is 1. The van der Waals surface area contributed by atoms with Crippen molar-refractivity contribution in [2.45, 2.75) is 13.3 Å². The number of benzene rings is 1. The summed E-state index contributed by atoms with van der Waals surface area (Å²) in [6.45, 7) is 2.10. The van der Waals surface area contributed by atoms with Gasteiger partial charge in [0.25, 0.3) is 0 Å². The van der Waals surface area contributed by atoms with E-state index in [1.54, 1.807) is 25.2 Å². The molecule has 1 aromatic carbocycles. The number of rotatable bonds is 8. The Morgan fingerprint density at radius 3 is 2.59 bits per heavy atom. The first kappa shape index (κ1) is 19.6. The van der Waals surface area contributed by atoms with Gasteiger partial charge in [-0.3, -0.25) is 14.4 Å². The Bertz CT molecular complexity index is 491. The van der Waals surface area contributed by atoms with Crippen LogP contribution in [0.3, 0.4) is 0 Å². The Balaban J connectivity index is 0.00000211. The summed E-state index contributed by atoms with van der Waals surface area (Å²) in [4.78, 5) is 34.2. The number of nitrogens with one attached hydrogen (secondary N) is 1. The molecule has 0 spiro atoms. The van der Waals surface area contributed by atoms with E-state index < -0.39 is 0 Å². The average Bonchev–Trinajstić information content (AvgIpc) is 2.57. The van der Waals surface area contributed by atoms with Gasteiger partial charge in [0, 0.05) is 38.9 Å². The van der Waals surface area contributed by atoms with E-state index in [2.05, 4.69) is 5.32 Å². The molecule has 0 aliphatic heterocycles. The minimum absolute atomic E-state index is 0.0399. The van der Waals surface area contributed by atoms with E-state index in [4.69, 9.17) is 9.84 Å². The normalized spacial score (nSPS) is 9.09. The summed E-state index contributed by atoms with van der Waals surface area (Å²) >= 11 is 0. The molecule has 7 heteroatoms. The summed E-state index contributed by atoms with van der Waals surface area (Å²) in [6.07, 6.45) is 1.55. The zero-order valence-electron chi connectivity index (χ0n) is 13.0. The first-order valence-electron chi connectivity index (χ1n) is 6.66. The number of amides is 2. The first-order valence-corrected chi connectivity index (χ1v) is 6.66. The van der Waals surface area contributed by atoms with Crippen molar-refractivity contribution >= 4 is 24.3 Å². The maximum absolute atomic E-state index is 11.2. The monoisotopic (exact) mass is 310 g/mol. The summed E-state index contributed by atoms with van der Waals surface area (Å²) in [5, 5.41) is 9.50. The van der Waals surface area contributed by atoms with E-state index in [0.717, 1.165) is 12.7 Å². The van der Waals surface area contributed by atoms with Gasteiger partial charge in [0.1, 0.15) is 12.4 Å². The molecule has 0 saturated carbocycles. The minimum atomic E-state index is -0.136. The highest BCUT2D eigenvalue weighted by atomic mass is 16.5. The zero-order valence-corrected chi connectivity index (χ0v) is 13.0. The second kappa shape index (κ2) is 11.3. The van der Waals surface area contributed by atoms with Crippen molar-refractivity contribution in [2.75, 3.05) is 32.2 Å². The molecule has 0 atom stereocenters. The molecule has 22 heavy (non-hydrogen) atoms. The number of nitrogens with zero attached hydrogens (tertiary/aromatic N) is 1. The Morgan fingerprint density at radius 1 is 1.36 bits per heavy atom. The number of anilines is 1. The van der Waals surface area contributed by atoms with Crippen LogP contribution in [0.2, 0.25) is 0 Å². The lowest BCUT2D eigenvalue weighted by Gasteiger charge is -2.20. The Labute approximate surface area is 129 Å². The molecule has 2 N–H and O–H groups in total.